The van der Waals surface area contributed by atoms with E-state index in [4.69, 9.17) is 16.3 Å². The minimum Gasteiger partial charge on any atom is -0.493 e. The van der Waals surface area contributed by atoms with Gasteiger partial charge >= 0.3 is 6.03 Å². The van der Waals surface area contributed by atoms with Crippen LogP contribution in [0.5, 0.6) is 5.75 Å². The van der Waals surface area contributed by atoms with Crippen LogP contribution in [0, 0.1) is 5.92 Å². The molecule has 0 aromatic heterocycles. The van der Waals surface area contributed by atoms with Crippen molar-refractivity contribution in [3.63, 3.8) is 0 Å². The summed E-state index contributed by atoms with van der Waals surface area (Å²) in [6.07, 6.45) is 1.64. The van der Waals surface area contributed by atoms with Crippen LogP contribution in [0.15, 0.2) is 54.2 Å². The maximum absolute atomic E-state index is 12.6. The van der Waals surface area contributed by atoms with Gasteiger partial charge < -0.3 is 10.1 Å². The summed E-state index contributed by atoms with van der Waals surface area (Å²) in [7, 11) is 0. The SMILES string of the molecule is CC(C)COc1ccc(/C=C2/NC(=O)N(c3ccc(Cl)cc3)C2=O)cc1. The van der Waals surface area contributed by atoms with Gasteiger partial charge in [-0.25, -0.2) is 9.69 Å². The molecule has 2 aromatic carbocycles. The number of halogens is 1. The molecule has 0 atom stereocenters. The molecule has 134 valence electrons. The van der Waals surface area contributed by atoms with E-state index in [1.54, 1.807) is 30.3 Å². The Balaban J connectivity index is 1.76. The van der Waals surface area contributed by atoms with Crippen LogP contribution in [0.3, 0.4) is 0 Å². The number of anilines is 1. The van der Waals surface area contributed by atoms with Crippen LogP contribution in [0.2, 0.25) is 5.02 Å². The second-order valence-electron chi connectivity index (χ2n) is 6.38. The zero-order chi connectivity index (χ0) is 18.7. The first-order chi connectivity index (χ1) is 12.4. The summed E-state index contributed by atoms with van der Waals surface area (Å²) in [6, 6.07) is 13.4. The molecular weight excluding hydrogens is 352 g/mol. The van der Waals surface area contributed by atoms with Crippen LogP contribution in [-0.2, 0) is 4.79 Å². The van der Waals surface area contributed by atoms with E-state index >= 15 is 0 Å². The van der Waals surface area contributed by atoms with Crippen molar-refractivity contribution in [2.75, 3.05) is 11.5 Å². The molecule has 1 aliphatic rings. The fraction of sp³-hybridized carbons (Fsp3) is 0.200. The number of carbonyl (C=O) groups excluding carboxylic acids is 2. The van der Waals surface area contributed by atoms with Crippen LogP contribution in [-0.4, -0.2) is 18.5 Å². The monoisotopic (exact) mass is 370 g/mol. The highest BCUT2D eigenvalue weighted by atomic mass is 35.5. The van der Waals surface area contributed by atoms with E-state index in [0.717, 1.165) is 16.2 Å². The van der Waals surface area contributed by atoms with Crippen LogP contribution >= 0.6 is 11.6 Å². The lowest BCUT2D eigenvalue weighted by Crippen LogP contribution is -2.30. The first-order valence-electron chi connectivity index (χ1n) is 8.29. The highest BCUT2D eigenvalue weighted by Gasteiger charge is 2.34. The molecule has 1 fully saturated rings. The van der Waals surface area contributed by atoms with Gasteiger partial charge in [-0.2, -0.15) is 0 Å². The number of hydrogen-bond acceptors (Lipinski definition) is 3. The standard InChI is InChI=1S/C20H19ClN2O3/c1-13(2)12-26-17-9-3-14(4-10-17)11-18-19(24)23(20(25)22-18)16-7-5-15(21)6-8-16/h3-11,13H,12H2,1-2H3,(H,22,25)/b18-11+. The normalized spacial score (nSPS) is 15.7. The largest absolute Gasteiger partial charge is 0.493 e. The van der Waals surface area contributed by atoms with E-state index in [2.05, 4.69) is 19.2 Å². The molecule has 0 saturated carbocycles. The van der Waals surface area contributed by atoms with Gasteiger partial charge in [-0.3, -0.25) is 4.79 Å². The molecule has 3 rings (SSSR count). The lowest BCUT2D eigenvalue weighted by atomic mass is 10.2. The van der Waals surface area contributed by atoms with Gasteiger partial charge in [0.05, 0.1) is 12.3 Å². The Kier molecular flexibility index (Phi) is 5.28. The van der Waals surface area contributed by atoms with E-state index in [0.29, 0.717) is 23.2 Å². The fourth-order valence-corrected chi connectivity index (χ4v) is 2.58. The summed E-state index contributed by atoms with van der Waals surface area (Å²) < 4.78 is 5.64. The van der Waals surface area contributed by atoms with Gasteiger partial charge in [0, 0.05) is 5.02 Å². The number of imide groups is 1. The zero-order valence-electron chi connectivity index (χ0n) is 14.5. The molecule has 0 radical (unpaired) electrons. The molecule has 26 heavy (non-hydrogen) atoms. The van der Waals surface area contributed by atoms with E-state index in [-0.39, 0.29) is 5.70 Å². The van der Waals surface area contributed by atoms with Crippen LogP contribution < -0.4 is 15.0 Å². The lowest BCUT2D eigenvalue weighted by Gasteiger charge is -2.11. The summed E-state index contributed by atoms with van der Waals surface area (Å²) in [4.78, 5) is 25.8. The molecule has 0 unspecified atom stereocenters. The third-order valence-electron chi connectivity index (χ3n) is 3.74. The predicted molar refractivity (Wildman–Crippen MR) is 102 cm³/mol. The number of hydrogen-bond donors (Lipinski definition) is 1. The highest BCUT2D eigenvalue weighted by molar-refractivity contribution is 6.31. The Morgan fingerprint density at radius 1 is 1.08 bits per heavy atom. The molecule has 0 aliphatic carbocycles. The minimum absolute atomic E-state index is 0.223. The van der Waals surface area contributed by atoms with Gasteiger partial charge in [0.15, 0.2) is 0 Å². The van der Waals surface area contributed by atoms with Crippen LogP contribution in [0.1, 0.15) is 19.4 Å². The number of nitrogens with one attached hydrogen (secondary N) is 1. The van der Waals surface area contributed by atoms with Crippen molar-refractivity contribution in [3.8, 4) is 5.75 Å². The van der Waals surface area contributed by atoms with Gasteiger partial charge in [0.2, 0.25) is 0 Å². The van der Waals surface area contributed by atoms with E-state index in [9.17, 15) is 9.59 Å². The Hall–Kier alpha value is -2.79. The maximum Gasteiger partial charge on any atom is 0.333 e. The average Bonchev–Trinajstić information content (AvgIpc) is 2.89. The Morgan fingerprint density at radius 3 is 2.35 bits per heavy atom. The highest BCUT2D eigenvalue weighted by Crippen LogP contribution is 2.24. The quantitative estimate of drug-likeness (QED) is 0.624. The molecular formula is C20H19ClN2O3. The molecule has 6 heteroatoms. The summed E-state index contributed by atoms with van der Waals surface area (Å²) in [5.74, 6) is 0.810. The molecule has 1 heterocycles. The maximum atomic E-state index is 12.6. The number of ether oxygens (including phenoxy) is 1. The lowest BCUT2D eigenvalue weighted by molar-refractivity contribution is -0.113. The first-order valence-corrected chi connectivity index (χ1v) is 8.67. The van der Waals surface area contributed by atoms with E-state index in [1.165, 1.54) is 0 Å². The second kappa shape index (κ2) is 7.62. The summed E-state index contributed by atoms with van der Waals surface area (Å²) in [5.41, 5.74) is 1.49. The Bertz CT molecular complexity index is 842. The predicted octanol–water partition coefficient (Wildman–Crippen LogP) is 4.47. The van der Waals surface area contributed by atoms with Crippen molar-refractivity contribution in [2.45, 2.75) is 13.8 Å². The van der Waals surface area contributed by atoms with Gasteiger partial charge in [0.1, 0.15) is 11.4 Å². The topological polar surface area (TPSA) is 58.6 Å². The number of carbonyl (C=O) groups is 2. The summed E-state index contributed by atoms with van der Waals surface area (Å²) in [6.45, 7) is 4.81. The smallest absolute Gasteiger partial charge is 0.333 e. The zero-order valence-corrected chi connectivity index (χ0v) is 15.3. The van der Waals surface area contributed by atoms with Crippen molar-refractivity contribution in [1.29, 1.82) is 0 Å². The third kappa shape index (κ3) is 4.06. The first kappa shape index (κ1) is 18.0. The van der Waals surface area contributed by atoms with E-state index < -0.39 is 11.9 Å². The van der Waals surface area contributed by atoms with Gasteiger partial charge in [0.25, 0.3) is 5.91 Å². The third-order valence-corrected chi connectivity index (χ3v) is 3.99. The number of urea groups is 1. The van der Waals surface area contributed by atoms with Crippen molar-refractivity contribution in [1.82, 2.24) is 5.32 Å². The van der Waals surface area contributed by atoms with Crippen molar-refractivity contribution >= 4 is 35.3 Å². The molecule has 3 amide bonds. The van der Waals surface area contributed by atoms with E-state index in [1.807, 2.05) is 24.3 Å². The average molecular weight is 371 g/mol. The fourth-order valence-electron chi connectivity index (χ4n) is 2.45. The molecule has 2 aromatic rings. The van der Waals surface area contributed by atoms with Crippen molar-refractivity contribution in [3.05, 3.63) is 64.8 Å². The van der Waals surface area contributed by atoms with Crippen molar-refractivity contribution < 1.29 is 14.3 Å². The molecule has 1 N–H and O–H groups in total. The minimum atomic E-state index is -0.486. The molecule has 0 bridgehead atoms. The number of rotatable bonds is 5. The summed E-state index contributed by atoms with van der Waals surface area (Å²) >= 11 is 5.85. The van der Waals surface area contributed by atoms with Gasteiger partial charge in [-0.15, -0.1) is 0 Å². The van der Waals surface area contributed by atoms with Crippen LogP contribution in [0.4, 0.5) is 10.5 Å². The Labute approximate surface area is 157 Å². The van der Waals surface area contributed by atoms with Crippen molar-refractivity contribution in [2.24, 2.45) is 5.92 Å². The molecule has 1 saturated heterocycles. The van der Waals surface area contributed by atoms with Gasteiger partial charge in [-0.05, 0) is 54.0 Å². The number of benzene rings is 2. The molecule has 0 spiro atoms. The summed E-state index contributed by atoms with van der Waals surface area (Å²) in [5, 5.41) is 3.14. The van der Waals surface area contributed by atoms with Gasteiger partial charge in [-0.1, -0.05) is 37.6 Å². The molecule has 5 nitrogen and oxygen atoms in total. The molecule has 1 aliphatic heterocycles. The second-order valence-corrected chi connectivity index (χ2v) is 6.82. The number of nitrogens with zero attached hydrogens (tertiary/aromatic N) is 1. The van der Waals surface area contributed by atoms with Crippen LogP contribution in [0.25, 0.3) is 6.08 Å². The Morgan fingerprint density at radius 2 is 1.73 bits per heavy atom. The number of amides is 3.